The standard InChI is InChI=1S/C19H24N4O2S/c1-5-13(4)17(25)20-19-22-21-18(26-19)14-9-16(24)23(10-14)15-7-11(2)6-12(3)8-15/h6-8,13-14H,5,9-10H2,1-4H3,(H,20,22,25). The Morgan fingerprint density at radius 1 is 1.31 bits per heavy atom. The molecule has 7 heteroatoms. The first kappa shape index (κ1) is 18.5. The van der Waals surface area contributed by atoms with Crippen LogP contribution in [0.3, 0.4) is 0 Å². The van der Waals surface area contributed by atoms with Crippen LogP contribution in [0.25, 0.3) is 0 Å². The molecular formula is C19H24N4O2S. The first-order valence-electron chi connectivity index (χ1n) is 8.90. The lowest BCUT2D eigenvalue weighted by molar-refractivity contribution is -0.119. The Morgan fingerprint density at radius 2 is 2.00 bits per heavy atom. The van der Waals surface area contributed by atoms with Crippen molar-refractivity contribution in [1.82, 2.24) is 10.2 Å². The van der Waals surface area contributed by atoms with Gasteiger partial charge in [-0.3, -0.25) is 9.59 Å². The van der Waals surface area contributed by atoms with E-state index < -0.39 is 0 Å². The Hall–Kier alpha value is -2.28. The Labute approximate surface area is 157 Å². The van der Waals surface area contributed by atoms with E-state index in [0.29, 0.717) is 18.1 Å². The van der Waals surface area contributed by atoms with Crippen molar-refractivity contribution < 1.29 is 9.59 Å². The highest BCUT2D eigenvalue weighted by molar-refractivity contribution is 7.15. The van der Waals surface area contributed by atoms with Gasteiger partial charge >= 0.3 is 0 Å². The van der Waals surface area contributed by atoms with Gasteiger partial charge in [0.1, 0.15) is 5.01 Å². The van der Waals surface area contributed by atoms with Crippen molar-refractivity contribution >= 4 is 34.0 Å². The Balaban J connectivity index is 1.72. The fourth-order valence-corrected chi connectivity index (χ4v) is 3.93. The van der Waals surface area contributed by atoms with E-state index in [9.17, 15) is 9.59 Å². The average molecular weight is 372 g/mol. The molecule has 1 aromatic heterocycles. The fourth-order valence-electron chi connectivity index (χ4n) is 3.09. The number of amides is 2. The number of benzene rings is 1. The Kier molecular flexibility index (Phi) is 5.36. The molecule has 3 rings (SSSR count). The zero-order valence-corrected chi connectivity index (χ0v) is 16.4. The maximum atomic E-state index is 12.5. The molecule has 0 saturated carbocycles. The second-order valence-corrected chi connectivity index (χ2v) is 8.00. The number of anilines is 2. The Morgan fingerprint density at radius 3 is 2.65 bits per heavy atom. The van der Waals surface area contributed by atoms with E-state index in [1.165, 1.54) is 11.3 Å². The predicted molar refractivity (Wildman–Crippen MR) is 104 cm³/mol. The van der Waals surface area contributed by atoms with Crippen LogP contribution in [0.15, 0.2) is 18.2 Å². The molecule has 0 radical (unpaired) electrons. The van der Waals surface area contributed by atoms with Crippen molar-refractivity contribution in [3.05, 3.63) is 34.3 Å². The highest BCUT2D eigenvalue weighted by atomic mass is 32.1. The second kappa shape index (κ2) is 7.53. The molecule has 0 bridgehead atoms. The van der Waals surface area contributed by atoms with Crippen LogP contribution < -0.4 is 10.2 Å². The highest BCUT2D eigenvalue weighted by Crippen LogP contribution is 2.34. The third-order valence-electron chi connectivity index (χ3n) is 4.72. The van der Waals surface area contributed by atoms with Gasteiger partial charge in [0, 0.05) is 30.5 Å². The topological polar surface area (TPSA) is 75.2 Å². The maximum absolute atomic E-state index is 12.5. The summed E-state index contributed by atoms with van der Waals surface area (Å²) in [6.45, 7) is 8.52. The van der Waals surface area contributed by atoms with E-state index in [1.54, 1.807) is 0 Å². The van der Waals surface area contributed by atoms with Crippen molar-refractivity contribution in [2.45, 2.75) is 46.5 Å². The van der Waals surface area contributed by atoms with Gasteiger partial charge in [0.15, 0.2) is 0 Å². The molecule has 1 aliphatic rings. The van der Waals surface area contributed by atoms with E-state index >= 15 is 0 Å². The summed E-state index contributed by atoms with van der Waals surface area (Å²) in [6, 6.07) is 6.16. The monoisotopic (exact) mass is 372 g/mol. The molecule has 2 heterocycles. The number of rotatable bonds is 5. The minimum absolute atomic E-state index is 0.00932. The number of hydrogen-bond donors (Lipinski definition) is 1. The van der Waals surface area contributed by atoms with Gasteiger partial charge in [0.25, 0.3) is 0 Å². The number of nitrogens with one attached hydrogen (secondary N) is 1. The molecule has 6 nitrogen and oxygen atoms in total. The normalized spacial score (nSPS) is 18.2. The van der Waals surface area contributed by atoms with Crippen molar-refractivity contribution in [3.63, 3.8) is 0 Å². The largest absolute Gasteiger partial charge is 0.312 e. The van der Waals surface area contributed by atoms with Crippen molar-refractivity contribution in [3.8, 4) is 0 Å². The number of nitrogens with zero attached hydrogens (tertiary/aromatic N) is 3. The third kappa shape index (κ3) is 3.93. The molecule has 1 aliphatic heterocycles. The molecule has 0 aliphatic carbocycles. The lowest BCUT2D eigenvalue weighted by Crippen LogP contribution is -2.24. The van der Waals surface area contributed by atoms with Crippen LogP contribution in [0.5, 0.6) is 0 Å². The molecular weight excluding hydrogens is 348 g/mol. The molecule has 2 aromatic rings. The summed E-state index contributed by atoms with van der Waals surface area (Å²) in [6.07, 6.45) is 1.19. The summed E-state index contributed by atoms with van der Waals surface area (Å²) in [5, 5.41) is 12.4. The SMILES string of the molecule is CCC(C)C(=O)Nc1nnc(C2CC(=O)N(c3cc(C)cc(C)c3)C2)s1. The molecule has 2 unspecified atom stereocenters. The molecule has 2 amide bonds. The molecule has 0 spiro atoms. The number of aryl methyl sites for hydroxylation is 2. The number of carbonyl (C=O) groups excluding carboxylic acids is 2. The van der Waals surface area contributed by atoms with Gasteiger partial charge in [-0.15, -0.1) is 10.2 Å². The number of hydrogen-bond acceptors (Lipinski definition) is 5. The van der Waals surface area contributed by atoms with Crippen LogP contribution >= 0.6 is 11.3 Å². The van der Waals surface area contributed by atoms with Crippen molar-refractivity contribution in [1.29, 1.82) is 0 Å². The Bertz CT molecular complexity index is 812. The summed E-state index contributed by atoms with van der Waals surface area (Å²) in [5.41, 5.74) is 3.22. The summed E-state index contributed by atoms with van der Waals surface area (Å²) >= 11 is 1.36. The molecule has 26 heavy (non-hydrogen) atoms. The van der Waals surface area contributed by atoms with Crippen LogP contribution in [0.1, 0.15) is 48.7 Å². The lowest BCUT2D eigenvalue weighted by atomic mass is 10.1. The minimum atomic E-state index is -0.0598. The lowest BCUT2D eigenvalue weighted by Gasteiger charge is -2.17. The van der Waals surface area contributed by atoms with Gasteiger partial charge in [-0.2, -0.15) is 0 Å². The van der Waals surface area contributed by atoms with Gasteiger partial charge in [0.05, 0.1) is 0 Å². The highest BCUT2D eigenvalue weighted by Gasteiger charge is 2.34. The van der Waals surface area contributed by atoms with Crippen LogP contribution in [0.4, 0.5) is 10.8 Å². The fraction of sp³-hybridized carbons (Fsp3) is 0.474. The quantitative estimate of drug-likeness (QED) is 0.869. The molecule has 2 atom stereocenters. The van der Waals surface area contributed by atoms with Gasteiger partial charge in [-0.1, -0.05) is 31.3 Å². The summed E-state index contributed by atoms with van der Waals surface area (Å²) in [7, 11) is 0. The van der Waals surface area contributed by atoms with E-state index in [1.807, 2.05) is 44.7 Å². The van der Waals surface area contributed by atoms with Crippen molar-refractivity contribution in [2.75, 3.05) is 16.8 Å². The zero-order chi connectivity index (χ0) is 18.8. The zero-order valence-electron chi connectivity index (χ0n) is 15.6. The summed E-state index contributed by atoms with van der Waals surface area (Å²) in [5.74, 6) is 0.000445. The maximum Gasteiger partial charge on any atom is 0.229 e. The average Bonchev–Trinajstić information content (AvgIpc) is 3.19. The predicted octanol–water partition coefficient (Wildman–Crippen LogP) is 3.66. The van der Waals surface area contributed by atoms with Gasteiger partial charge in [-0.25, -0.2) is 0 Å². The van der Waals surface area contributed by atoms with Gasteiger partial charge < -0.3 is 10.2 Å². The number of carbonyl (C=O) groups is 2. The molecule has 1 saturated heterocycles. The first-order valence-corrected chi connectivity index (χ1v) is 9.72. The number of aromatic nitrogens is 2. The van der Waals surface area contributed by atoms with E-state index in [2.05, 4.69) is 21.6 Å². The van der Waals surface area contributed by atoms with Crippen LogP contribution in [-0.2, 0) is 9.59 Å². The van der Waals surface area contributed by atoms with E-state index in [0.717, 1.165) is 28.2 Å². The van der Waals surface area contributed by atoms with Crippen LogP contribution in [0.2, 0.25) is 0 Å². The minimum Gasteiger partial charge on any atom is -0.312 e. The first-order chi connectivity index (χ1) is 12.4. The smallest absolute Gasteiger partial charge is 0.229 e. The van der Waals surface area contributed by atoms with E-state index in [-0.39, 0.29) is 23.7 Å². The molecule has 138 valence electrons. The van der Waals surface area contributed by atoms with Gasteiger partial charge in [-0.05, 0) is 43.5 Å². The second-order valence-electron chi connectivity index (χ2n) is 7.00. The van der Waals surface area contributed by atoms with Crippen LogP contribution in [0, 0.1) is 19.8 Å². The summed E-state index contributed by atoms with van der Waals surface area (Å²) in [4.78, 5) is 26.3. The third-order valence-corrected chi connectivity index (χ3v) is 5.72. The molecule has 1 N–H and O–H groups in total. The molecule has 1 fully saturated rings. The van der Waals surface area contributed by atoms with Gasteiger partial charge in [0.2, 0.25) is 16.9 Å². The van der Waals surface area contributed by atoms with Crippen molar-refractivity contribution in [2.24, 2.45) is 5.92 Å². The molecule has 1 aromatic carbocycles. The van der Waals surface area contributed by atoms with Crippen LogP contribution in [-0.4, -0.2) is 28.6 Å². The summed E-state index contributed by atoms with van der Waals surface area (Å²) < 4.78 is 0. The van der Waals surface area contributed by atoms with E-state index in [4.69, 9.17) is 0 Å².